The highest BCUT2D eigenvalue weighted by Gasteiger charge is 2.80. The average Bonchev–Trinajstić information content (AvgIpc) is 3.76. The molecule has 0 spiro atoms. The normalized spacial score (nSPS) is 17.5. The molecule has 2 aromatic carbocycles. The van der Waals surface area contributed by atoms with E-state index in [9.17, 15) is 0 Å². The molecule has 0 N–H and O–H groups in total. The molecule has 0 saturated carbocycles. The summed E-state index contributed by atoms with van der Waals surface area (Å²) in [6.45, 7) is 5.42. The zero-order chi connectivity index (χ0) is 33.2. The van der Waals surface area contributed by atoms with Crippen molar-refractivity contribution in [2.24, 2.45) is 0 Å². The molecule has 0 fully saturated rings. The summed E-state index contributed by atoms with van der Waals surface area (Å²) in [6.07, 6.45) is -1.53. The SMILES string of the molecule is COc1ccc(CC2=C(c3c(-c4ccc(C)s4)oc4cc(OC)ccc34)C(F)(F)C(F)(F)C2(F)F)c(OC(C)c2ccc(C)s2)c1. The summed E-state index contributed by atoms with van der Waals surface area (Å²) >= 11 is 2.62. The molecule has 3 aromatic heterocycles. The number of hydrogen-bond donors (Lipinski definition) is 0. The number of allylic oxidation sites excluding steroid dienone is 2. The van der Waals surface area contributed by atoms with Gasteiger partial charge >= 0.3 is 17.8 Å². The number of halogens is 6. The van der Waals surface area contributed by atoms with Gasteiger partial charge in [0.2, 0.25) is 0 Å². The number of alkyl halides is 6. The lowest BCUT2D eigenvalue weighted by atomic mass is 9.92. The molecule has 1 atom stereocenters. The van der Waals surface area contributed by atoms with E-state index in [1.807, 2.05) is 19.1 Å². The van der Waals surface area contributed by atoms with Gasteiger partial charge in [-0.3, -0.25) is 0 Å². The van der Waals surface area contributed by atoms with E-state index in [2.05, 4.69) is 0 Å². The quantitative estimate of drug-likeness (QED) is 0.146. The highest BCUT2D eigenvalue weighted by atomic mass is 32.1. The van der Waals surface area contributed by atoms with Gasteiger partial charge in [0, 0.05) is 55.3 Å². The minimum atomic E-state index is -5.74. The van der Waals surface area contributed by atoms with E-state index in [1.54, 1.807) is 26.0 Å². The molecule has 6 rings (SSSR count). The lowest BCUT2D eigenvalue weighted by Crippen LogP contribution is -2.49. The van der Waals surface area contributed by atoms with Crippen LogP contribution in [0.1, 0.15) is 38.8 Å². The fourth-order valence-electron chi connectivity index (χ4n) is 5.61. The van der Waals surface area contributed by atoms with Gasteiger partial charge in [0.15, 0.2) is 5.76 Å². The van der Waals surface area contributed by atoms with Crippen molar-refractivity contribution >= 4 is 39.2 Å². The van der Waals surface area contributed by atoms with Crippen molar-refractivity contribution in [1.29, 1.82) is 0 Å². The van der Waals surface area contributed by atoms with Crippen molar-refractivity contribution in [2.45, 2.75) is 51.1 Å². The van der Waals surface area contributed by atoms with E-state index in [4.69, 9.17) is 18.6 Å². The van der Waals surface area contributed by atoms with Crippen LogP contribution in [-0.2, 0) is 6.42 Å². The van der Waals surface area contributed by atoms with Crippen LogP contribution in [0.4, 0.5) is 26.3 Å². The van der Waals surface area contributed by atoms with Crippen molar-refractivity contribution in [3.63, 3.8) is 0 Å². The van der Waals surface area contributed by atoms with Crippen molar-refractivity contribution in [2.75, 3.05) is 14.2 Å². The lowest BCUT2D eigenvalue weighted by Gasteiger charge is -2.26. The minimum Gasteiger partial charge on any atom is -0.497 e. The van der Waals surface area contributed by atoms with Crippen LogP contribution < -0.4 is 14.2 Å². The van der Waals surface area contributed by atoms with Crippen LogP contribution in [0.3, 0.4) is 0 Å². The Labute approximate surface area is 268 Å². The fourth-order valence-corrected chi connectivity index (χ4v) is 7.32. The van der Waals surface area contributed by atoms with Gasteiger partial charge in [0.1, 0.15) is 28.9 Å². The largest absolute Gasteiger partial charge is 0.497 e. The van der Waals surface area contributed by atoms with Crippen LogP contribution >= 0.6 is 22.7 Å². The van der Waals surface area contributed by atoms with E-state index in [-0.39, 0.29) is 28.0 Å². The first-order valence-corrected chi connectivity index (χ1v) is 15.8. The Morgan fingerprint density at radius 3 is 2.07 bits per heavy atom. The molecule has 1 aliphatic carbocycles. The molecule has 4 nitrogen and oxygen atoms in total. The first-order chi connectivity index (χ1) is 21.7. The molecule has 5 aromatic rings. The molecule has 0 radical (unpaired) electrons. The van der Waals surface area contributed by atoms with Crippen LogP contribution in [-0.4, -0.2) is 32.0 Å². The van der Waals surface area contributed by atoms with Gasteiger partial charge in [-0.25, -0.2) is 0 Å². The van der Waals surface area contributed by atoms with Crippen LogP contribution in [0.15, 0.2) is 70.7 Å². The van der Waals surface area contributed by atoms with E-state index in [0.717, 1.165) is 26.0 Å². The average molecular weight is 679 g/mol. The fraction of sp³-hybridized carbons (Fsp3) is 0.294. The summed E-state index contributed by atoms with van der Waals surface area (Å²) in [5.41, 5.74) is -3.40. The molecule has 3 heterocycles. The van der Waals surface area contributed by atoms with Crippen LogP contribution in [0.2, 0.25) is 0 Å². The number of benzene rings is 2. The third-order valence-corrected chi connectivity index (χ3v) is 10.2. The number of fused-ring (bicyclic) bond motifs is 1. The van der Waals surface area contributed by atoms with Crippen LogP contribution in [0.25, 0.3) is 27.2 Å². The number of hydrogen-bond acceptors (Lipinski definition) is 6. The van der Waals surface area contributed by atoms with Gasteiger partial charge in [0.05, 0.1) is 19.1 Å². The number of aryl methyl sites for hydroxylation is 2. The predicted octanol–water partition coefficient (Wildman–Crippen LogP) is 10.9. The highest BCUT2D eigenvalue weighted by Crippen LogP contribution is 2.64. The Bertz CT molecular complexity index is 1970. The van der Waals surface area contributed by atoms with E-state index < -0.39 is 47.0 Å². The van der Waals surface area contributed by atoms with Gasteiger partial charge in [-0.15, -0.1) is 22.7 Å². The Morgan fingerprint density at radius 1 is 0.783 bits per heavy atom. The summed E-state index contributed by atoms with van der Waals surface area (Å²) in [5.74, 6) is -15.8. The summed E-state index contributed by atoms with van der Waals surface area (Å²) < 4.78 is 117. The highest BCUT2D eigenvalue weighted by molar-refractivity contribution is 7.15. The second-order valence-corrected chi connectivity index (χ2v) is 13.6. The standard InChI is InChI=1S/C34H28F6O4S2/c1-17-6-12-27(45-17)19(3)43-25-15-21(41-4)9-8-20(25)14-24-30(33(37,38)34(39,40)32(24,35)36)29-23-11-10-22(42-5)16-26(23)44-31(29)28-13-7-18(2)46-28/h6-13,15-16,19H,14H2,1-5H3. The van der Waals surface area contributed by atoms with E-state index >= 15 is 26.3 Å². The number of furan rings is 1. The molecular formula is C34H28F6O4S2. The number of ether oxygens (including phenoxy) is 3. The number of rotatable bonds is 9. The summed E-state index contributed by atoms with van der Waals surface area (Å²) in [7, 11) is 2.78. The van der Waals surface area contributed by atoms with Gasteiger partial charge < -0.3 is 18.6 Å². The van der Waals surface area contributed by atoms with Crippen molar-refractivity contribution in [1.82, 2.24) is 0 Å². The third-order valence-electron chi connectivity index (χ3n) is 8.00. The molecule has 1 unspecified atom stereocenters. The second kappa shape index (κ2) is 11.4. The monoisotopic (exact) mass is 678 g/mol. The zero-order valence-corrected chi connectivity index (χ0v) is 26.9. The zero-order valence-electron chi connectivity index (χ0n) is 25.3. The van der Waals surface area contributed by atoms with Crippen molar-refractivity contribution < 1.29 is 45.0 Å². The molecule has 12 heteroatoms. The second-order valence-electron chi connectivity index (χ2n) is 11.0. The summed E-state index contributed by atoms with van der Waals surface area (Å²) in [6, 6.07) is 15.4. The molecule has 0 saturated heterocycles. The summed E-state index contributed by atoms with van der Waals surface area (Å²) in [4.78, 5) is 2.93. The maximum atomic E-state index is 16.0. The minimum absolute atomic E-state index is 0.00425. The first kappa shape index (κ1) is 32.1. The van der Waals surface area contributed by atoms with Crippen molar-refractivity contribution in [3.05, 3.63) is 92.0 Å². The lowest BCUT2D eigenvalue weighted by molar-refractivity contribution is -0.260. The maximum Gasteiger partial charge on any atom is 0.380 e. The molecule has 242 valence electrons. The molecule has 0 amide bonds. The Hall–Kier alpha value is -3.90. The smallest absolute Gasteiger partial charge is 0.380 e. The molecule has 46 heavy (non-hydrogen) atoms. The Balaban J connectivity index is 1.59. The number of thiophene rings is 2. The molecule has 0 bridgehead atoms. The molecule has 0 aliphatic heterocycles. The van der Waals surface area contributed by atoms with E-state index in [1.165, 1.54) is 62.0 Å². The Morgan fingerprint density at radius 2 is 1.43 bits per heavy atom. The van der Waals surface area contributed by atoms with Crippen molar-refractivity contribution in [3.8, 4) is 27.9 Å². The van der Waals surface area contributed by atoms with Gasteiger partial charge in [-0.2, -0.15) is 26.3 Å². The maximum absolute atomic E-state index is 16.0. The van der Waals surface area contributed by atoms with Gasteiger partial charge in [-0.1, -0.05) is 6.07 Å². The first-order valence-electron chi connectivity index (χ1n) is 14.1. The predicted molar refractivity (Wildman–Crippen MR) is 167 cm³/mol. The van der Waals surface area contributed by atoms with Gasteiger partial charge in [-0.05, 0) is 68.8 Å². The molecule has 1 aliphatic rings. The van der Waals surface area contributed by atoms with Crippen LogP contribution in [0, 0.1) is 13.8 Å². The van der Waals surface area contributed by atoms with Gasteiger partial charge in [0.25, 0.3) is 0 Å². The van der Waals surface area contributed by atoms with E-state index in [0.29, 0.717) is 16.4 Å². The summed E-state index contributed by atoms with van der Waals surface area (Å²) in [5, 5.41) is -0.0320. The third kappa shape index (κ3) is 5.06. The Kier molecular flexibility index (Phi) is 7.95. The number of methoxy groups -OCH3 is 2. The molecular weight excluding hydrogens is 650 g/mol. The van der Waals surface area contributed by atoms with Crippen LogP contribution in [0.5, 0.6) is 17.2 Å². The topological polar surface area (TPSA) is 40.8 Å².